The molecule has 0 saturated carbocycles. The molecule has 1 aliphatic rings. The summed E-state index contributed by atoms with van der Waals surface area (Å²) in [7, 11) is 0. The Labute approximate surface area is 207 Å². The maximum Gasteiger partial charge on any atom is 0.301 e. The molecule has 5 rings (SSSR count). The number of benzene rings is 3. The predicted octanol–water partition coefficient (Wildman–Crippen LogP) is 6.39. The Morgan fingerprint density at radius 2 is 1.88 bits per heavy atom. The summed E-state index contributed by atoms with van der Waals surface area (Å²) in [6, 6.07) is 17.4. The van der Waals surface area contributed by atoms with Crippen LogP contribution in [-0.2, 0) is 16.0 Å². The van der Waals surface area contributed by atoms with Gasteiger partial charge in [0.15, 0.2) is 5.13 Å². The van der Waals surface area contributed by atoms with Crippen molar-refractivity contribution in [2.45, 2.75) is 19.4 Å². The van der Waals surface area contributed by atoms with E-state index in [9.17, 15) is 19.1 Å². The zero-order valence-electron chi connectivity index (χ0n) is 18.0. The van der Waals surface area contributed by atoms with Gasteiger partial charge in [0.1, 0.15) is 11.6 Å². The van der Waals surface area contributed by atoms with Crippen LogP contribution in [-0.4, -0.2) is 21.8 Å². The smallest absolute Gasteiger partial charge is 0.301 e. The van der Waals surface area contributed by atoms with E-state index in [1.54, 1.807) is 18.2 Å². The Morgan fingerprint density at radius 3 is 2.59 bits per heavy atom. The first-order valence-corrected chi connectivity index (χ1v) is 12.2. The molecule has 0 radical (unpaired) electrons. The van der Waals surface area contributed by atoms with Crippen molar-refractivity contribution >= 4 is 60.1 Å². The number of amides is 1. The minimum Gasteiger partial charge on any atom is -0.507 e. The maximum absolute atomic E-state index is 13.5. The number of fused-ring (bicyclic) bond motifs is 1. The summed E-state index contributed by atoms with van der Waals surface area (Å²) in [5, 5.41) is 11.5. The maximum atomic E-state index is 13.5. The van der Waals surface area contributed by atoms with Crippen LogP contribution >= 0.6 is 27.3 Å². The van der Waals surface area contributed by atoms with Gasteiger partial charge in [0.2, 0.25) is 0 Å². The standard InChI is InChI=1S/C26H18BrFN2O3S/c1-2-14-6-11-19-20(12-14)34-26(29-19)30-22(16-4-3-5-17(27)13-16)21(24(32)25(30)33)23(31)15-7-9-18(28)10-8-15/h3-13,22,31H,2H2,1H3/t22-/m0/s1. The van der Waals surface area contributed by atoms with E-state index in [2.05, 4.69) is 27.8 Å². The zero-order chi connectivity index (χ0) is 24.0. The number of carbonyl (C=O) groups is 2. The fraction of sp³-hybridized carbons (Fsp3) is 0.115. The third kappa shape index (κ3) is 3.82. The molecule has 1 saturated heterocycles. The summed E-state index contributed by atoms with van der Waals surface area (Å²) in [5.41, 5.74) is 2.68. The first-order chi connectivity index (χ1) is 16.4. The van der Waals surface area contributed by atoms with E-state index >= 15 is 0 Å². The van der Waals surface area contributed by atoms with E-state index in [4.69, 9.17) is 0 Å². The first kappa shape index (κ1) is 22.4. The fourth-order valence-electron chi connectivity index (χ4n) is 4.06. The minimum atomic E-state index is -0.895. The summed E-state index contributed by atoms with van der Waals surface area (Å²) < 4.78 is 15.1. The Bertz CT molecular complexity index is 1480. The van der Waals surface area contributed by atoms with E-state index < -0.39 is 23.5 Å². The molecule has 170 valence electrons. The second-order valence-electron chi connectivity index (χ2n) is 7.88. The molecule has 3 aromatic carbocycles. The molecule has 34 heavy (non-hydrogen) atoms. The van der Waals surface area contributed by atoms with Gasteiger partial charge in [-0.1, -0.05) is 52.4 Å². The lowest BCUT2D eigenvalue weighted by Gasteiger charge is -2.23. The molecule has 4 aromatic rings. The number of nitrogens with zero attached hydrogens (tertiary/aromatic N) is 2. The van der Waals surface area contributed by atoms with Gasteiger partial charge in [0.05, 0.1) is 21.8 Å². The number of thiazole rings is 1. The summed E-state index contributed by atoms with van der Waals surface area (Å²) in [6.07, 6.45) is 0.864. The Hall–Kier alpha value is -3.36. The second kappa shape index (κ2) is 8.77. The van der Waals surface area contributed by atoms with Gasteiger partial charge in [-0.3, -0.25) is 14.5 Å². The van der Waals surface area contributed by atoms with Gasteiger partial charge >= 0.3 is 5.91 Å². The molecule has 0 aliphatic carbocycles. The molecule has 1 fully saturated rings. The number of aromatic nitrogens is 1. The van der Waals surface area contributed by atoms with Gasteiger partial charge in [-0.25, -0.2) is 9.37 Å². The van der Waals surface area contributed by atoms with Crippen molar-refractivity contribution in [3.05, 3.63) is 99.3 Å². The normalized spacial score (nSPS) is 17.6. The number of anilines is 1. The minimum absolute atomic E-state index is 0.0665. The van der Waals surface area contributed by atoms with Crippen LogP contribution in [0.15, 0.2) is 76.8 Å². The van der Waals surface area contributed by atoms with Gasteiger partial charge in [0.25, 0.3) is 5.78 Å². The average molecular weight is 537 g/mol. The number of carbonyl (C=O) groups excluding carboxylic acids is 2. The number of aryl methyl sites for hydroxylation is 1. The molecule has 1 aromatic heterocycles. The van der Waals surface area contributed by atoms with Crippen molar-refractivity contribution in [1.82, 2.24) is 4.98 Å². The molecule has 1 aliphatic heterocycles. The van der Waals surface area contributed by atoms with Gasteiger partial charge in [0, 0.05) is 10.0 Å². The molecule has 0 bridgehead atoms. The van der Waals surface area contributed by atoms with Crippen LogP contribution in [0.25, 0.3) is 16.0 Å². The van der Waals surface area contributed by atoms with E-state index in [1.165, 1.54) is 40.5 Å². The molecular formula is C26H18BrFN2O3S. The third-order valence-corrected chi connectivity index (χ3v) is 7.29. The number of Topliss-reactive ketones (excluding diaryl/α,β-unsaturated/α-hetero) is 1. The zero-order valence-corrected chi connectivity index (χ0v) is 20.4. The van der Waals surface area contributed by atoms with E-state index in [1.807, 2.05) is 24.3 Å². The van der Waals surface area contributed by atoms with E-state index in [-0.39, 0.29) is 16.9 Å². The molecule has 1 amide bonds. The molecule has 1 atom stereocenters. The number of aliphatic hydroxyl groups excluding tert-OH is 1. The lowest BCUT2D eigenvalue weighted by molar-refractivity contribution is -0.132. The quantitative estimate of drug-likeness (QED) is 0.186. The first-order valence-electron chi connectivity index (χ1n) is 10.6. The van der Waals surface area contributed by atoms with Crippen molar-refractivity contribution in [3.63, 3.8) is 0 Å². The molecular weight excluding hydrogens is 519 g/mol. The molecule has 8 heteroatoms. The van der Waals surface area contributed by atoms with Gasteiger partial charge in [-0.2, -0.15) is 0 Å². The van der Waals surface area contributed by atoms with Crippen molar-refractivity contribution in [3.8, 4) is 0 Å². The van der Waals surface area contributed by atoms with E-state index in [0.29, 0.717) is 10.7 Å². The monoisotopic (exact) mass is 536 g/mol. The van der Waals surface area contributed by atoms with Crippen molar-refractivity contribution in [1.29, 1.82) is 0 Å². The highest BCUT2D eigenvalue weighted by atomic mass is 79.9. The summed E-state index contributed by atoms with van der Waals surface area (Å²) in [4.78, 5) is 32.5. The van der Waals surface area contributed by atoms with Crippen molar-refractivity contribution < 1.29 is 19.1 Å². The molecule has 2 heterocycles. The van der Waals surface area contributed by atoms with Crippen LogP contribution in [0.2, 0.25) is 0 Å². The highest BCUT2D eigenvalue weighted by Gasteiger charge is 2.48. The van der Waals surface area contributed by atoms with Crippen LogP contribution < -0.4 is 4.90 Å². The summed E-state index contributed by atoms with van der Waals surface area (Å²) in [5.74, 6) is -2.43. The Kier molecular flexibility index (Phi) is 5.79. The number of hydrogen-bond donors (Lipinski definition) is 1. The van der Waals surface area contributed by atoms with Gasteiger partial charge < -0.3 is 5.11 Å². The van der Waals surface area contributed by atoms with Crippen molar-refractivity contribution in [2.75, 3.05) is 4.90 Å². The summed E-state index contributed by atoms with van der Waals surface area (Å²) in [6.45, 7) is 2.06. The SMILES string of the molecule is CCc1ccc2nc(N3C(=O)C(=O)C(=C(O)c4ccc(F)cc4)[C@@H]3c3cccc(Br)c3)sc2c1. The molecule has 5 nitrogen and oxygen atoms in total. The van der Waals surface area contributed by atoms with Gasteiger partial charge in [-0.05, 0) is 66.1 Å². The number of halogens is 2. The highest BCUT2D eigenvalue weighted by molar-refractivity contribution is 9.10. The molecule has 1 N–H and O–H groups in total. The summed E-state index contributed by atoms with van der Waals surface area (Å²) >= 11 is 4.77. The van der Waals surface area contributed by atoms with Crippen LogP contribution in [0.5, 0.6) is 0 Å². The highest BCUT2D eigenvalue weighted by Crippen LogP contribution is 2.44. The number of ketones is 1. The van der Waals surface area contributed by atoms with Crippen LogP contribution in [0.3, 0.4) is 0 Å². The molecule has 0 spiro atoms. The molecule has 0 unspecified atom stereocenters. The lowest BCUT2D eigenvalue weighted by atomic mass is 9.95. The largest absolute Gasteiger partial charge is 0.507 e. The van der Waals surface area contributed by atoms with E-state index in [0.717, 1.165) is 26.7 Å². The van der Waals surface area contributed by atoms with Crippen LogP contribution in [0.1, 0.15) is 29.7 Å². The average Bonchev–Trinajstić information content (AvgIpc) is 3.36. The number of aliphatic hydroxyl groups is 1. The van der Waals surface area contributed by atoms with Crippen LogP contribution in [0, 0.1) is 5.82 Å². The van der Waals surface area contributed by atoms with Crippen molar-refractivity contribution in [2.24, 2.45) is 0 Å². The Balaban J connectivity index is 1.72. The third-order valence-electron chi connectivity index (χ3n) is 5.78. The Morgan fingerprint density at radius 1 is 1.12 bits per heavy atom. The number of rotatable bonds is 4. The predicted molar refractivity (Wildman–Crippen MR) is 134 cm³/mol. The second-order valence-corrected chi connectivity index (χ2v) is 9.81. The van der Waals surface area contributed by atoms with Gasteiger partial charge in [-0.15, -0.1) is 0 Å². The topological polar surface area (TPSA) is 70.5 Å². The number of hydrogen-bond acceptors (Lipinski definition) is 5. The lowest BCUT2D eigenvalue weighted by Crippen LogP contribution is -2.29. The van der Waals surface area contributed by atoms with Crippen LogP contribution in [0.4, 0.5) is 9.52 Å². The fourth-order valence-corrected chi connectivity index (χ4v) is 5.54.